The van der Waals surface area contributed by atoms with Crippen LogP contribution in [0, 0.1) is 0 Å². The number of hydrogen-bond donors (Lipinski definition) is 2. The number of nitrogens with zero attached hydrogens (tertiary/aromatic N) is 4. The lowest BCUT2D eigenvalue weighted by Gasteiger charge is -2.27. The zero-order chi connectivity index (χ0) is 20.5. The van der Waals surface area contributed by atoms with Crippen LogP contribution in [0.25, 0.3) is 11.3 Å². The Hall–Kier alpha value is -3.23. The minimum Gasteiger partial charge on any atom is -0.378 e. The van der Waals surface area contributed by atoms with Crippen LogP contribution < -0.4 is 15.5 Å². The van der Waals surface area contributed by atoms with E-state index in [0.29, 0.717) is 35.6 Å². The number of ether oxygens (including phenoxy) is 1. The molecule has 2 aliphatic rings. The number of amides is 1. The summed E-state index contributed by atoms with van der Waals surface area (Å²) in [5, 5.41) is 6.63. The van der Waals surface area contributed by atoms with E-state index in [2.05, 4.69) is 30.5 Å². The Labute approximate surface area is 178 Å². The van der Waals surface area contributed by atoms with E-state index < -0.39 is 0 Å². The minimum atomic E-state index is -0.121. The molecule has 0 bridgehead atoms. The number of fused-ring (bicyclic) bond motifs is 3. The summed E-state index contributed by atoms with van der Waals surface area (Å²) < 4.78 is 5.39. The molecule has 1 amide bonds. The predicted molar refractivity (Wildman–Crippen MR) is 115 cm³/mol. The summed E-state index contributed by atoms with van der Waals surface area (Å²) in [5.41, 5.74) is 3.71. The van der Waals surface area contributed by atoms with Gasteiger partial charge in [0.1, 0.15) is 5.82 Å². The van der Waals surface area contributed by atoms with Crippen molar-refractivity contribution in [2.45, 2.75) is 6.42 Å². The first-order valence-corrected chi connectivity index (χ1v) is 10.0. The van der Waals surface area contributed by atoms with Gasteiger partial charge in [-0.15, -0.1) is 0 Å². The van der Waals surface area contributed by atoms with Gasteiger partial charge in [-0.3, -0.25) is 4.79 Å². The van der Waals surface area contributed by atoms with E-state index in [0.717, 1.165) is 35.7 Å². The van der Waals surface area contributed by atoms with Crippen molar-refractivity contribution in [3.63, 3.8) is 0 Å². The van der Waals surface area contributed by atoms with Gasteiger partial charge in [0.05, 0.1) is 42.9 Å². The van der Waals surface area contributed by atoms with E-state index in [1.165, 1.54) is 0 Å². The minimum absolute atomic E-state index is 0.121. The van der Waals surface area contributed by atoms with Gasteiger partial charge in [0.2, 0.25) is 11.9 Å². The Kier molecular flexibility index (Phi) is 4.94. The predicted octanol–water partition coefficient (Wildman–Crippen LogP) is 3.27. The number of anilines is 4. The average molecular weight is 423 g/mol. The first kappa shape index (κ1) is 18.8. The number of pyridine rings is 1. The summed E-state index contributed by atoms with van der Waals surface area (Å²) in [6, 6.07) is 9.29. The normalized spacial score (nSPS) is 15.6. The smallest absolute Gasteiger partial charge is 0.228 e. The van der Waals surface area contributed by atoms with Crippen molar-refractivity contribution < 1.29 is 9.53 Å². The molecule has 1 aromatic carbocycles. The zero-order valence-corrected chi connectivity index (χ0v) is 16.8. The summed E-state index contributed by atoms with van der Waals surface area (Å²) in [6.07, 6.45) is 3.65. The van der Waals surface area contributed by atoms with Crippen molar-refractivity contribution in [1.82, 2.24) is 15.0 Å². The van der Waals surface area contributed by atoms with Gasteiger partial charge in [0, 0.05) is 35.4 Å². The number of carbonyl (C=O) groups is 1. The van der Waals surface area contributed by atoms with Gasteiger partial charge in [-0.25, -0.2) is 15.0 Å². The van der Waals surface area contributed by atoms with E-state index in [1.807, 2.05) is 18.2 Å². The fraction of sp³-hybridized carbons (Fsp3) is 0.238. The van der Waals surface area contributed by atoms with Crippen molar-refractivity contribution in [2.24, 2.45) is 0 Å². The van der Waals surface area contributed by atoms with Crippen molar-refractivity contribution in [1.29, 1.82) is 0 Å². The molecule has 0 spiro atoms. The van der Waals surface area contributed by atoms with Crippen molar-refractivity contribution >= 4 is 40.6 Å². The van der Waals surface area contributed by atoms with Crippen LogP contribution in [0.2, 0.25) is 5.02 Å². The lowest BCUT2D eigenvalue weighted by atomic mass is 10.1. The second kappa shape index (κ2) is 7.89. The van der Waals surface area contributed by atoms with Crippen molar-refractivity contribution in [2.75, 3.05) is 41.8 Å². The van der Waals surface area contributed by atoms with Crippen LogP contribution in [0.15, 0.2) is 42.7 Å². The molecule has 1 fully saturated rings. The molecule has 152 valence electrons. The molecule has 0 aliphatic carbocycles. The third-order valence-corrected chi connectivity index (χ3v) is 5.30. The number of halogens is 1. The summed E-state index contributed by atoms with van der Waals surface area (Å²) in [7, 11) is 0. The standard InChI is InChI=1S/C21H19ClN6O2/c22-14-1-3-16-17(10-14)26-19(29)9-13-11-24-21(27-20(13)16)25-15-2-4-18(23-12-15)28-5-7-30-8-6-28/h1-4,10-12H,5-9H2,(H,26,29)(H,24,25,27). The zero-order valence-electron chi connectivity index (χ0n) is 16.1. The molecule has 9 heteroatoms. The van der Waals surface area contributed by atoms with Crippen LogP contribution in [-0.2, 0) is 16.0 Å². The molecule has 0 atom stereocenters. The largest absolute Gasteiger partial charge is 0.378 e. The first-order valence-electron chi connectivity index (χ1n) is 9.67. The second-order valence-electron chi connectivity index (χ2n) is 7.11. The molecule has 4 heterocycles. The van der Waals surface area contributed by atoms with Gasteiger partial charge in [0.15, 0.2) is 0 Å². The molecule has 30 heavy (non-hydrogen) atoms. The van der Waals surface area contributed by atoms with Crippen LogP contribution in [0.1, 0.15) is 5.56 Å². The molecule has 2 N–H and O–H groups in total. The van der Waals surface area contributed by atoms with Crippen molar-refractivity contribution in [3.05, 3.63) is 53.3 Å². The molecule has 2 aromatic heterocycles. The van der Waals surface area contributed by atoms with Crippen LogP contribution in [0.5, 0.6) is 0 Å². The highest BCUT2D eigenvalue weighted by Gasteiger charge is 2.21. The molecule has 0 unspecified atom stereocenters. The van der Waals surface area contributed by atoms with E-state index in [4.69, 9.17) is 16.3 Å². The van der Waals surface area contributed by atoms with Gasteiger partial charge in [-0.1, -0.05) is 11.6 Å². The SMILES string of the molecule is O=C1Cc2cnc(Nc3ccc(N4CCOCC4)nc3)nc2-c2ccc(Cl)cc2N1. The van der Waals surface area contributed by atoms with Gasteiger partial charge in [-0.2, -0.15) is 0 Å². The number of hydrogen-bond acceptors (Lipinski definition) is 7. The average Bonchev–Trinajstić information content (AvgIpc) is 2.89. The number of carbonyl (C=O) groups excluding carboxylic acids is 1. The Morgan fingerprint density at radius 1 is 1.10 bits per heavy atom. The molecule has 1 saturated heterocycles. The summed E-state index contributed by atoms with van der Waals surface area (Å²) in [4.78, 5) is 28.0. The summed E-state index contributed by atoms with van der Waals surface area (Å²) in [6.45, 7) is 3.11. The Morgan fingerprint density at radius 3 is 2.77 bits per heavy atom. The van der Waals surface area contributed by atoms with Crippen LogP contribution in [-0.4, -0.2) is 47.2 Å². The quantitative estimate of drug-likeness (QED) is 0.669. The molecule has 3 aromatic rings. The maximum atomic E-state index is 12.2. The van der Waals surface area contributed by atoms with Gasteiger partial charge in [-0.05, 0) is 30.3 Å². The Bertz CT molecular complexity index is 1100. The summed E-state index contributed by atoms with van der Waals surface area (Å²) in [5.74, 6) is 1.23. The maximum absolute atomic E-state index is 12.2. The van der Waals surface area contributed by atoms with E-state index in [9.17, 15) is 4.79 Å². The summed E-state index contributed by atoms with van der Waals surface area (Å²) >= 11 is 6.10. The highest BCUT2D eigenvalue weighted by Crippen LogP contribution is 2.34. The van der Waals surface area contributed by atoms with Gasteiger partial charge >= 0.3 is 0 Å². The van der Waals surface area contributed by atoms with Crippen LogP contribution in [0.4, 0.5) is 23.1 Å². The highest BCUT2D eigenvalue weighted by atomic mass is 35.5. The number of benzene rings is 1. The maximum Gasteiger partial charge on any atom is 0.228 e. The third kappa shape index (κ3) is 3.79. The monoisotopic (exact) mass is 422 g/mol. The lowest BCUT2D eigenvalue weighted by molar-refractivity contribution is -0.115. The third-order valence-electron chi connectivity index (χ3n) is 5.07. The highest BCUT2D eigenvalue weighted by molar-refractivity contribution is 6.31. The lowest BCUT2D eigenvalue weighted by Crippen LogP contribution is -2.36. The topological polar surface area (TPSA) is 92.3 Å². The molecular weight excluding hydrogens is 404 g/mol. The van der Waals surface area contributed by atoms with Crippen LogP contribution >= 0.6 is 11.6 Å². The fourth-order valence-corrected chi connectivity index (χ4v) is 3.76. The first-order chi connectivity index (χ1) is 14.7. The Morgan fingerprint density at radius 2 is 1.97 bits per heavy atom. The fourth-order valence-electron chi connectivity index (χ4n) is 3.59. The molecule has 2 aliphatic heterocycles. The van der Waals surface area contributed by atoms with Gasteiger partial charge < -0.3 is 20.3 Å². The van der Waals surface area contributed by atoms with E-state index in [-0.39, 0.29) is 12.3 Å². The number of rotatable bonds is 3. The number of nitrogens with one attached hydrogen (secondary N) is 2. The molecule has 8 nitrogen and oxygen atoms in total. The second-order valence-corrected chi connectivity index (χ2v) is 7.55. The van der Waals surface area contributed by atoms with Gasteiger partial charge in [0.25, 0.3) is 0 Å². The Balaban J connectivity index is 1.42. The molecule has 0 saturated carbocycles. The molecule has 0 radical (unpaired) electrons. The van der Waals surface area contributed by atoms with Crippen LogP contribution in [0.3, 0.4) is 0 Å². The number of aromatic nitrogens is 3. The molecular formula is C21H19ClN6O2. The number of morpholine rings is 1. The molecule has 5 rings (SSSR count). The van der Waals surface area contributed by atoms with E-state index >= 15 is 0 Å². The van der Waals surface area contributed by atoms with Crippen molar-refractivity contribution in [3.8, 4) is 11.3 Å². The van der Waals surface area contributed by atoms with E-state index in [1.54, 1.807) is 24.5 Å².